The lowest BCUT2D eigenvalue weighted by atomic mass is 10.4. The van der Waals surface area contributed by atoms with Gasteiger partial charge in [-0.3, -0.25) is 4.39 Å². The van der Waals surface area contributed by atoms with Crippen LogP contribution >= 0.6 is 15.9 Å². The minimum atomic E-state index is -0.594. The molecule has 0 aromatic carbocycles. The molecule has 0 fully saturated rings. The highest BCUT2D eigenvalue weighted by Gasteiger charge is 2.17. The minimum absolute atomic E-state index is 0.254. The first-order valence-corrected chi connectivity index (χ1v) is 4.37. The summed E-state index contributed by atoms with van der Waals surface area (Å²) in [5, 5.41) is 10.4. The first kappa shape index (κ1) is 10.1. The first-order valence-electron chi connectivity index (χ1n) is 3.58. The third kappa shape index (κ3) is 2.48. The van der Waals surface area contributed by atoms with Crippen LogP contribution in [0.5, 0.6) is 0 Å². The highest BCUT2D eigenvalue weighted by Crippen LogP contribution is 2.16. The second-order valence-electron chi connectivity index (χ2n) is 2.36. The van der Waals surface area contributed by atoms with Gasteiger partial charge in [0.2, 0.25) is 4.60 Å². The number of alkyl halides is 1. The molecule has 0 amide bonds. The van der Waals surface area contributed by atoms with E-state index in [1.807, 2.05) is 0 Å². The summed E-state index contributed by atoms with van der Waals surface area (Å²) in [5.41, 5.74) is 0. The molecule has 72 valence electrons. The van der Waals surface area contributed by atoms with Crippen LogP contribution in [0.4, 0.5) is 10.3 Å². The SMILES string of the molecule is O=[N+]([O-])c1nc(Br)cn1CCC[18F]. The van der Waals surface area contributed by atoms with Crippen molar-refractivity contribution in [2.75, 3.05) is 6.67 Å². The average Bonchev–Trinajstić information content (AvgIpc) is 2.43. The molecule has 0 aliphatic carbocycles. The Labute approximate surface area is 81.9 Å². The van der Waals surface area contributed by atoms with Crippen molar-refractivity contribution in [1.82, 2.24) is 9.55 Å². The Morgan fingerprint density at radius 1 is 1.77 bits per heavy atom. The molecule has 0 N–H and O–H groups in total. The number of nitrogens with zero attached hydrogens (tertiary/aromatic N) is 3. The molecule has 1 rings (SSSR count). The van der Waals surface area contributed by atoms with Crippen LogP contribution in [0.3, 0.4) is 0 Å². The Bertz CT molecular complexity index is 315. The molecule has 0 saturated heterocycles. The molecule has 1 aromatic heterocycles. The van der Waals surface area contributed by atoms with Gasteiger partial charge in [0.1, 0.15) is 6.20 Å². The molecule has 13 heavy (non-hydrogen) atoms. The average molecular weight is 251 g/mol. The number of hydrogen-bond acceptors (Lipinski definition) is 3. The summed E-state index contributed by atoms with van der Waals surface area (Å²) in [7, 11) is 0. The third-order valence-electron chi connectivity index (χ3n) is 1.42. The highest BCUT2D eigenvalue weighted by molar-refractivity contribution is 9.10. The lowest BCUT2D eigenvalue weighted by Gasteiger charge is -1.97. The molecule has 1 aromatic rings. The summed E-state index contributed by atoms with van der Waals surface area (Å²) in [6, 6.07) is 0. The molecule has 0 spiro atoms. The van der Waals surface area contributed by atoms with Crippen LogP contribution in [0, 0.1) is 10.1 Å². The number of imidazole rings is 1. The second kappa shape index (κ2) is 4.31. The zero-order valence-corrected chi connectivity index (χ0v) is 8.20. The molecular weight excluding hydrogens is 244 g/mol. The predicted molar refractivity (Wildman–Crippen MR) is 47.2 cm³/mol. The Balaban J connectivity index is 2.84. The van der Waals surface area contributed by atoms with Crippen molar-refractivity contribution in [2.45, 2.75) is 13.0 Å². The Kier molecular flexibility index (Phi) is 3.35. The number of aryl methyl sites for hydroxylation is 1. The van der Waals surface area contributed by atoms with Gasteiger partial charge in [-0.2, -0.15) is 0 Å². The van der Waals surface area contributed by atoms with E-state index in [0.717, 1.165) is 0 Å². The molecule has 0 radical (unpaired) electrons. The van der Waals surface area contributed by atoms with Crippen LogP contribution < -0.4 is 0 Å². The Morgan fingerprint density at radius 2 is 2.46 bits per heavy atom. The van der Waals surface area contributed by atoms with Gasteiger partial charge in [0.15, 0.2) is 0 Å². The standard InChI is InChI=1S/C6H7BrFN3O2/c7-5-4-10(3-1-2-8)6(9-5)11(12)13/h4H,1-3H2/i8-1. The number of nitro groups is 1. The molecule has 0 atom stereocenters. The van der Waals surface area contributed by atoms with Crippen LogP contribution in [0.25, 0.3) is 0 Å². The van der Waals surface area contributed by atoms with E-state index < -0.39 is 11.6 Å². The van der Waals surface area contributed by atoms with Crippen molar-refractivity contribution < 1.29 is 9.31 Å². The van der Waals surface area contributed by atoms with Gasteiger partial charge in [-0.05, 0) is 20.9 Å². The lowest BCUT2D eigenvalue weighted by Crippen LogP contribution is -2.03. The van der Waals surface area contributed by atoms with E-state index in [1.165, 1.54) is 10.8 Å². The molecule has 5 nitrogen and oxygen atoms in total. The molecular formula is C6H7BrFN3O2. The van der Waals surface area contributed by atoms with E-state index in [-0.39, 0.29) is 18.9 Å². The molecule has 0 aliphatic heterocycles. The summed E-state index contributed by atoms with van der Waals surface area (Å²) in [6.45, 7) is -0.224. The van der Waals surface area contributed by atoms with Crippen molar-refractivity contribution in [2.24, 2.45) is 0 Å². The minimum Gasteiger partial charge on any atom is -0.390 e. The van der Waals surface area contributed by atoms with Crippen LogP contribution in [0.2, 0.25) is 0 Å². The van der Waals surface area contributed by atoms with Gasteiger partial charge in [0.05, 0.1) is 13.2 Å². The van der Waals surface area contributed by atoms with Crippen LogP contribution in [0.1, 0.15) is 6.42 Å². The summed E-state index contributed by atoms with van der Waals surface area (Å²) in [4.78, 5) is 13.4. The van der Waals surface area contributed by atoms with Crippen molar-refractivity contribution in [3.63, 3.8) is 0 Å². The Hall–Kier alpha value is -0.980. The largest absolute Gasteiger partial charge is 0.435 e. The van der Waals surface area contributed by atoms with Gasteiger partial charge in [0, 0.05) is 6.42 Å². The quantitative estimate of drug-likeness (QED) is 0.606. The summed E-state index contributed by atoms with van der Waals surface area (Å²) in [5.74, 6) is -0.264. The number of aromatic nitrogens is 2. The molecule has 7 heteroatoms. The number of hydrogen-bond donors (Lipinski definition) is 0. The fraction of sp³-hybridized carbons (Fsp3) is 0.500. The van der Waals surface area contributed by atoms with Crippen molar-refractivity contribution >= 4 is 21.9 Å². The van der Waals surface area contributed by atoms with Crippen molar-refractivity contribution in [1.29, 1.82) is 0 Å². The third-order valence-corrected chi connectivity index (χ3v) is 1.80. The number of rotatable bonds is 4. The first-order chi connectivity index (χ1) is 6.15. The van der Waals surface area contributed by atoms with E-state index in [9.17, 15) is 14.5 Å². The summed E-state index contributed by atoms with van der Waals surface area (Å²) < 4.78 is 13.5. The fourth-order valence-corrected chi connectivity index (χ4v) is 1.32. The number of halogens is 2. The second-order valence-corrected chi connectivity index (χ2v) is 3.17. The molecule has 0 saturated carbocycles. The predicted octanol–water partition coefficient (Wildman–Crippen LogP) is 1.91. The molecule has 0 bridgehead atoms. The van der Waals surface area contributed by atoms with E-state index in [4.69, 9.17) is 0 Å². The van der Waals surface area contributed by atoms with Crippen LogP contribution in [-0.2, 0) is 6.54 Å². The van der Waals surface area contributed by atoms with E-state index in [2.05, 4.69) is 20.9 Å². The maximum atomic E-state index is 11.8. The normalized spacial score (nSPS) is 10.3. The molecule has 1 heterocycles. The monoisotopic (exact) mass is 250 g/mol. The van der Waals surface area contributed by atoms with Gasteiger partial charge in [-0.25, -0.2) is 4.57 Å². The van der Waals surface area contributed by atoms with Gasteiger partial charge < -0.3 is 10.1 Å². The van der Waals surface area contributed by atoms with Gasteiger partial charge in [-0.1, -0.05) is 4.98 Å². The summed E-state index contributed by atoms with van der Waals surface area (Å²) >= 11 is 3.01. The van der Waals surface area contributed by atoms with E-state index in [1.54, 1.807) is 0 Å². The summed E-state index contributed by atoms with van der Waals surface area (Å²) in [6.07, 6.45) is 1.72. The smallest absolute Gasteiger partial charge is 0.390 e. The Morgan fingerprint density at radius 3 is 3.00 bits per heavy atom. The van der Waals surface area contributed by atoms with E-state index in [0.29, 0.717) is 4.60 Å². The topological polar surface area (TPSA) is 61.0 Å². The highest BCUT2D eigenvalue weighted by atomic mass is 79.9. The van der Waals surface area contributed by atoms with Gasteiger partial charge >= 0.3 is 5.95 Å². The molecule has 0 unspecified atom stereocenters. The van der Waals surface area contributed by atoms with Gasteiger partial charge in [-0.15, -0.1) is 0 Å². The zero-order valence-electron chi connectivity index (χ0n) is 6.61. The maximum absolute atomic E-state index is 11.8. The van der Waals surface area contributed by atoms with Crippen LogP contribution in [0.15, 0.2) is 10.8 Å². The van der Waals surface area contributed by atoms with Crippen LogP contribution in [-0.4, -0.2) is 21.1 Å². The van der Waals surface area contributed by atoms with E-state index >= 15 is 0 Å². The maximum Gasteiger partial charge on any atom is 0.435 e. The molecule has 0 aliphatic rings. The van der Waals surface area contributed by atoms with Gasteiger partial charge in [0.25, 0.3) is 0 Å². The zero-order chi connectivity index (χ0) is 9.84. The lowest BCUT2D eigenvalue weighted by molar-refractivity contribution is -0.396. The fourth-order valence-electron chi connectivity index (χ4n) is 0.915. The van der Waals surface area contributed by atoms with Crippen molar-refractivity contribution in [3.05, 3.63) is 20.9 Å². The van der Waals surface area contributed by atoms with Crippen molar-refractivity contribution in [3.8, 4) is 0 Å².